The third-order valence-corrected chi connectivity index (χ3v) is 4.43. The van der Waals surface area contributed by atoms with Crippen LogP contribution in [0.1, 0.15) is 51.9 Å². The van der Waals surface area contributed by atoms with Gasteiger partial charge in [-0.2, -0.15) is 0 Å². The van der Waals surface area contributed by atoms with E-state index in [1.54, 1.807) is 0 Å². The zero-order valence-corrected chi connectivity index (χ0v) is 11.1. The van der Waals surface area contributed by atoms with Gasteiger partial charge in [-0.15, -0.1) is 0 Å². The number of ether oxygens (including phenoxy) is 1. The fourth-order valence-electron chi connectivity index (χ4n) is 3.07. The van der Waals surface area contributed by atoms with Gasteiger partial charge in [0.2, 0.25) is 0 Å². The van der Waals surface area contributed by atoms with Crippen LogP contribution in [0.5, 0.6) is 0 Å². The normalized spacial score (nSPS) is 33.5. The number of hydrogen-bond acceptors (Lipinski definition) is 3. The molecule has 1 saturated carbocycles. The number of aliphatic hydroxyl groups is 1. The van der Waals surface area contributed by atoms with Crippen LogP contribution >= 0.6 is 0 Å². The Labute approximate surface area is 105 Å². The summed E-state index contributed by atoms with van der Waals surface area (Å²) in [5.41, 5.74) is -0.565. The van der Waals surface area contributed by atoms with E-state index in [0.717, 1.165) is 31.8 Å². The van der Waals surface area contributed by atoms with Gasteiger partial charge < -0.3 is 15.2 Å². The Bertz CT molecular complexity index is 226. The molecule has 2 rings (SSSR count). The van der Waals surface area contributed by atoms with Crippen LogP contribution in [0.4, 0.5) is 0 Å². The van der Waals surface area contributed by atoms with E-state index >= 15 is 0 Å². The van der Waals surface area contributed by atoms with Crippen LogP contribution in [-0.4, -0.2) is 36.5 Å². The maximum Gasteiger partial charge on any atom is 0.0904 e. The molecule has 3 heteroatoms. The van der Waals surface area contributed by atoms with E-state index in [1.165, 1.54) is 32.1 Å². The number of hydrogen-bond donors (Lipinski definition) is 2. The summed E-state index contributed by atoms with van der Waals surface area (Å²) in [6, 6.07) is 0. The van der Waals surface area contributed by atoms with E-state index < -0.39 is 5.60 Å². The molecule has 0 amide bonds. The number of nitrogens with one attached hydrogen (secondary N) is 1. The summed E-state index contributed by atoms with van der Waals surface area (Å²) in [5, 5.41) is 13.6. The minimum Gasteiger partial charge on any atom is -0.387 e. The molecule has 2 atom stereocenters. The highest BCUT2D eigenvalue weighted by molar-refractivity contribution is 4.85. The van der Waals surface area contributed by atoms with E-state index in [-0.39, 0.29) is 0 Å². The van der Waals surface area contributed by atoms with Crippen molar-refractivity contribution in [3.05, 3.63) is 0 Å². The van der Waals surface area contributed by atoms with Crippen molar-refractivity contribution in [1.82, 2.24) is 5.32 Å². The Morgan fingerprint density at radius 2 is 2.06 bits per heavy atom. The first kappa shape index (κ1) is 13.3. The molecule has 0 aromatic carbocycles. The smallest absolute Gasteiger partial charge is 0.0904 e. The predicted molar refractivity (Wildman–Crippen MR) is 69.0 cm³/mol. The van der Waals surface area contributed by atoms with Gasteiger partial charge in [-0.3, -0.25) is 0 Å². The average Bonchev–Trinajstić information content (AvgIpc) is 2.38. The van der Waals surface area contributed by atoms with Gasteiger partial charge in [-0.05, 0) is 44.7 Å². The Morgan fingerprint density at radius 1 is 1.29 bits per heavy atom. The molecular formula is C14H27NO2. The Hall–Kier alpha value is -0.120. The van der Waals surface area contributed by atoms with Crippen molar-refractivity contribution in [3.8, 4) is 0 Å². The monoisotopic (exact) mass is 241 g/mol. The highest BCUT2D eigenvalue weighted by atomic mass is 16.5. The fourth-order valence-corrected chi connectivity index (χ4v) is 3.07. The molecule has 2 unspecified atom stereocenters. The van der Waals surface area contributed by atoms with Gasteiger partial charge >= 0.3 is 0 Å². The third-order valence-electron chi connectivity index (χ3n) is 4.43. The van der Waals surface area contributed by atoms with E-state index in [9.17, 15) is 5.11 Å². The van der Waals surface area contributed by atoms with Crippen molar-refractivity contribution in [3.63, 3.8) is 0 Å². The SMILES string of the molecule is CCC1CCCC(OCC2(O)CCNCC2)C1. The van der Waals surface area contributed by atoms with Crippen molar-refractivity contribution >= 4 is 0 Å². The van der Waals surface area contributed by atoms with Gasteiger partial charge in [0.1, 0.15) is 0 Å². The van der Waals surface area contributed by atoms with Gasteiger partial charge in [-0.25, -0.2) is 0 Å². The van der Waals surface area contributed by atoms with Crippen molar-refractivity contribution in [1.29, 1.82) is 0 Å². The predicted octanol–water partition coefficient (Wildman–Crippen LogP) is 2.09. The molecule has 2 aliphatic rings. The Balaban J connectivity index is 1.73. The average molecular weight is 241 g/mol. The van der Waals surface area contributed by atoms with E-state index in [1.807, 2.05) is 0 Å². The van der Waals surface area contributed by atoms with Crippen LogP contribution in [-0.2, 0) is 4.74 Å². The largest absolute Gasteiger partial charge is 0.387 e. The minimum atomic E-state index is -0.565. The third kappa shape index (κ3) is 3.94. The lowest BCUT2D eigenvalue weighted by Crippen LogP contribution is -2.46. The van der Waals surface area contributed by atoms with Crippen LogP contribution < -0.4 is 5.32 Å². The molecular weight excluding hydrogens is 214 g/mol. The second-order valence-electron chi connectivity index (χ2n) is 5.85. The topological polar surface area (TPSA) is 41.5 Å². The highest BCUT2D eigenvalue weighted by Crippen LogP contribution is 2.29. The van der Waals surface area contributed by atoms with Crippen molar-refractivity contribution < 1.29 is 9.84 Å². The summed E-state index contributed by atoms with van der Waals surface area (Å²) >= 11 is 0. The van der Waals surface area contributed by atoms with Crippen molar-refractivity contribution in [2.75, 3.05) is 19.7 Å². The second-order valence-corrected chi connectivity index (χ2v) is 5.85. The molecule has 1 aliphatic heterocycles. The molecule has 1 saturated heterocycles. The first-order chi connectivity index (χ1) is 8.22. The Morgan fingerprint density at radius 3 is 2.76 bits per heavy atom. The van der Waals surface area contributed by atoms with Crippen LogP contribution in [0.15, 0.2) is 0 Å². The zero-order valence-electron chi connectivity index (χ0n) is 11.1. The molecule has 0 bridgehead atoms. The molecule has 2 N–H and O–H groups in total. The summed E-state index contributed by atoms with van der Waals surface area (Å²) in [5.74, 6) is 0.844. The van der Waals surface area contributed by atoms with Crippen molar-refractivity contribution in [2.24, 2.45) is 5.92 Å². The molecule has 1 heterocycles. The maximum absolute atomic E-state index is 10.4. The molecule has 0 spiro atoms. The van der Waals surface area contributed by atoms with E-state index in [0.29, 0.717) is 12.7 Å². The highest BCUT2D eigenvalue weighted by Gasteiger charge is 2.31. The summed E-state index contributed by atoms with van der Waals surface area (Å²) in [7, 11) is 0. The summed E-state index contributed by atoms with van der Waals surface area (Å²) in [6.45, 7) is 4.65. The van der Waals surface area contributed by atoms with Gasteiger partial charge in [0, 0.05) is 0 Å². The lowest BCUT2D eigenvalue weighted by Gasteiger charge is -2.35. The van der Waals surface area contributed by atoms with Gasteiger partial charge in [0.05, 0.1) is 18.3 Å². The number of piperidine rings is 1. The molecule has 1 aliphatic carbocycles. The molecule has 0 aromatic heterocycles. The standard InChI is InChI=1S/C14H27NO2/c1-2-12-4-3-5-13(10-12)17-11-14(16)6-8-15-9-7-14/h12-13,15-16H,2-11H2,1H3. The lowest BCUT2D eigenvalue weighted by atomic mass is 9.85. The summed E-state index contributed by atoms with van der Waals surface area (Å²) < 4.78 is 5.98. The zero-order chi connectivity index (χ0) is 12.1. The lowest BCUT2D eigenvalue weighted by molar-refractivity contribution is -0.0978. The van der Waals surface area contributed by atoms with Gasteiger partial charge in [-0.1, -0.05) is 26.2 Å². The Kier molecular flexibility index (Phi) is 4.83. The quantitative estimate of drug-likeness (QED) is 0.792. The van der Waals surface area contributed by atoms with E-state index in [2.05, 4.69) is 12.2 Å². The first-order valence-corrected chi connectivity index (χ1v) is 7.26. The van der Waals surface area contributed by atoms with Crippen LogP contribution in [0, 0.1) is 5.92 Å². The van der Waals surface area contributed by atoms with E-state index in [4.69, 9.17) is 4.74 Å². The second kappa shape index (κ2) is 6.17. The minimum absolute atomic E-state index is 0.396. The fraction of sp³-hybridized carbons (Fsp3) is 1.00. The summed E-state index contributed by atoms with van der Waals surface area (Å²) in [6.07, 6.45) is 8.37. The molecule has 100 valence electrons. The van der Waals surface area contributed by atoms with Crippen LogP contribution in [0.2, 0.25) is 0 Å². The van der Waals surface area contributed by atoms with Crippen LogP contribution in [0.3, 0.4) is 0 Å². The van der Waals surface area contributed by atoms with Crippen LogP contribution in [0.25, 0.3) is 0 Å². The number of rotatable bonds is 4. The molecule has 0 aromatic rings. The summed E-state index contributed by atoms with van der Waals surface area (Å²) in [4.78, 5) is 0. The van der Waals surface area contributed by atoms with Crippen molar-refractivity contribution in [2.45, 2.75) is 63.6 Å². The van der Waals surface area contributed by atoms with Gasteiger partial charge in [0.15, 0.2) is 0 Å². The molecule has 17 heavy (non-hydrogen) atoms. The maximum atomic E-state index is 10.4. The van der Waals surface area contributed by atoms with Gasteiger partial charge in [0.25, 0.3) is 0 Å². The molecule has 2 fully saturated rings. The molecule has 3 nitrogen and oxygen atoms in total. The molecule has 0 radical (unpaired) electrons. The first-order valence-electron chi connectivity index (χ1n) is 7.26.